The molecule has 3 heterocycles. The van der Waals surface area contributed by atoms with Gasteiger partial charge in [0.15, 0.2) is 5.79 Å². The van der Waals surface area contributed by atoms with Crippen molar-refractivity contribution in [3.8, 4) is 0 Å². The van der Waals surface area contributed by atoms with Crippen LogP contribution < -0.4 is 5.32 Å². The fraction of sp³-hybridized carbons (Fsp3) is 0.889. The summed E-state index contributed by atoms with van der Waals surface area (Å²) in [4.78, 5) is 23.6. The van der Waals surface area contributed by atoms with Crippen LogP contribution in [0.2, 0.25) is 0 Å². The van der Waals surface area contributed by atoms with Crippen molar-refractivity contribution < 1.29 is 24.2 Å². The molecule has 7 heteroatoms. The van der Waals surface area contributed by atoms with Crippen molar-refractivity contribution in [2.75, 3.05) is 5.75 Å². The Kier molecular flexibility index (Phi) is 6.63. The quantitative estimate of drug-likeness (QED) is 0.689. The van der Waals surface area contributed by atoms with Gasteiger partial charge in [0.25, 0.3) is 5.24 Å². The average molecular weight is 371 g/mol. The zero-order chi connectivity index (χ0) is 17.7. The number of nitrogens with one attached hydrogen (secondary N) is 1. The minimum Gasteiger partial charge on any atom is -0.462 e. The van der Waals surface area contributed by atoms with Crippen LogP contribution in [0.3, 0.4) is 0 Å². The zero-order valence-corrected chi connectivity index (χ0v) is 15.5. The maximum atomic E-state index is 12.1. The lowest BCUT2D eigenvalue weighted by atomic mass is 9.91. The first-order valence-corrected chi connectivity index (χ1v) is 10.6. The number of amides is 1. The van der Waals surface area contributed by atoms with Crippen LogP contribution in [0.4, 0.5) is 4.79 Å². The third-order valence-electron chi connectivity index (χ3n) is 5.34. The molecule has 6 nitrogen and oxygen atoms in total. The number of hydrogen-bond acceptors (Lipinski definition) is 6. The van der Waals surface area contributed by atoms with Gasteiger partial charge in [-0.2, -0.15) is 0 Å². The number of hydrogen-bond donors (Lipinski definition) is 2. The largest absolute Gasteiger partial charge is 0.462 e. The second-order valence-electron chi connectivity index (χ2n) is 7.45. The molecule has 142 valence electrons. The highest BCUT2D eigenvalue weighted by atomic mass is 32.2. The third kappa shape index (κ3) is 5.34. The van der Waals surface area contributed by atoms with Gasteiger partial charge in [0.2, 0.25) is 0 Å². The highest BCUT2D eigenvalue weighted by molar-refractivity contribution is 8.14. The number of carbonyl (C=O) groups excluding carboxylic acids is 2. The van der Waals surface area contributed by atoms with Crippen molar-refractivity contribution in [2.24, 2.45) is 0 Å². The van der Waals surface area contributed by atoms with Crippen molar-refractivity contribution in [3.63, 3.8) is 0 Å². The minimum atomic E-state index is -1.45. The molecule has 0 saturated carbocycles. The Balaban J connectivity index is 1.68. The summed E-state index contributed by atoms with van der Waals surface area (Å²) in [5.41, 5.74) is 0. The van der Waals surface area contributed by atoms with Crippen LogP contribution in [0, 0.1) is 0 Å². The second kappa shape index (κ2) is 8.73. The molecular formula is C18H29NO5S. The Bertz CT molecular complexity index is 488. The van der Waals surface area contributed by atoms with E-state index in [0.717, 1.165) is 37.4 Å². The molecule has 0 aromatic heterocycles. The smallest absolute Gasteiger partial charge is 0.306 e. The molecule has 0 aliphatic carbocycles. The van der Waals surface area contributed by atoms with E-state index in [2.05, 4.69) is 5.32 Å². The van der Waals surface area contributed by atoms with E-state index in [1.165, 1.54) is 25.7 Å². The summed E-state index contributed by atoms with van der Waals surface area (Å²) in [5.74, 6) is -1.16. The number of carbonyl (C=O) groups is 2. The predicted octanol–water partition coefficient (Wildman–Crippen LogP) is 3.12. The normalized spacial score (nSPS) is 38.5. The molecule has 3 fully saturated rings. The van der Waals surface area contributed by atoms with E-state index < -0.39 is 11.8 Å². The highest BCUT2D eigenvalue weighted by Gasteiger charge is 2.49. The van der Waals surface area contributed by atoms with E-state index in [9.17, 15) is 14.7 Å². The molecule has 4 atom stereocenters. The van der Waals surface area contributed by atoms with Gasteiger partial charge in [-0.3, -0.25) is 9.59 Å². The molecule has 0 spiro atoms. The topological polar surface area (TPSA) is 84.9 Å². The molecule has 3 rings (SSSR count). The maximum absolute atomic E-state index is 12.1. The number of esters is 1. The first kappa shape index (κ1) is 19.0. The Morgan fingerprint density at radius 1 is 1.04 bits per heavy atom. The summed E-state index contributed by atoms with van der Waals surface area (Å²) in [7, 11) is 0. The van der Waals surface area contributed by atoms with Gasteiger partial charge in [0.1, 0.15) is 6.10 Å². The fourth-order valence-corrected chi connectivity index (χ4v) is 4.86. The molecule has 2 N–H and O–H groups in total. The summed E-state index contributed by atoms with van der Waals surface area (Å²) in [6.45, 7) is 0. The summed E-state index contributed by atoms with van der Waals surface area (Å²) >= 11 is 1.16. The van der Waals surface area contributed by atoms with Gasteiger partial charge >= 0.3 is 5.97 Å². The lowest BCUT2D eigenvalue weighted by Gasteiger charge is -2.43. The van der Waals surface area contributed by atoms with E-state index in [1.807, 2.05) is 0 Å². The summed E-state index contributed by atoms with van der Waals surface area (Å²) in [5, 5.41) is 13.7. The van der Waals surface area contributed by atoms with Gasteiger partial charge in [-0.05, 0) is 12.8 Å². The van der Waals surface area contributed by atoms with E-state index in [-0.39, 0.29) is 29.8 Å². The molecule has 0 radical (unpaired) electrons. The first-order chi connectivity index (χ1) is 12.0. The molecule has 2 bridgehead atoms. The second-order valence-corrected chi connectivity index (χ2v) is 8.44. The Hall–Kier alpha value is -0.790. The molecular weight excluding hydrogens is 342 g/mol. The molecule has 3 aliphatic rings. The predicted molar refractivity (Wildman–Crippen MR) is 95.3 cm³/mol. The molecule has 0 aromatic rings. The zero-order valence-electron chi connectivity index (χ0n) is 14.7. The van der Waals surface area contributed by atoms with Crippen molar-refractivity contribution >= 4 is 23.0 Å². The molecule has 3 aliphatic heterocycles. The van der Waals surface area contributed by atoms with Crippen LogP contribution in [-0.4, -0.2) is 46.1 Å². The third-order valence-corrected chi connectivity index (χ3v) is 6.22. The van der Waals surface area contributed by atoms with Crippen LogP contribution in [0.25, 0.3) is 0 Å². The first-order valence-electron chi connectivity index (χ1n) is 9.58. The highest BCUT2D eigenvalue weighted by Crippen LogP contribution is 2.36. The van der Waals surface area contributed by atoms with Crippen LogP contribution in [-0.2, 0) is 14.3 Å². The van der Waals surface area contributed by atoms with Crippen molar-refractivity contribution in [1.82, 2.24) is 5.32 Å². The van der Waals surface area contributed by atoms with Gasteiger partial charge < -0.3 is 19.9 Å². The summed E-state index contributed by atoms with van der Waals surface area (Å²) in [6.07, 6.45) is 9.40. The van der Waals surface area contributed by atoms with E-state index in [0.29, 0.717) is 18.6 Å². The number of ether oxygens (including phenoxy) is 2. The van der Waals surface area contributed by atoms with Crippen molar-refractivity contribution in [1.29, 1.82) is 0 Å². The van der Waals surface area contributed by atoms with Crippen LogP contribution in [0.15, 0.2) is 0 Å². The van der Waals surface area contributed by atoms with Gasteiger partial charge in [0, 0.05) is 25.0 Å². The van der Waals surface area contributed by atoms with Crippen molar-refractivity contribution in [3.05, 3.63) is 0 Å². The Labute approximate surface area is 153 Å². The van der Waals surface area contributed by atoms with Crippen LogP contribution in [0.1, 0.15) is 70.6 Å². The van der Waals surface area contributed by atoms with Crippen LogP contribution >= 0.6 is 11.8 Å². The fourth-order valence-electron chi connectivity index (χ4n) is 3.98. The van der Waals surface area contributed by atoms with Gasteiger partial charge in [0.05, 0.1) is 12.1 Å². The minimum absolute atomic E-state index is 0.137. The maximum Gasteiger partial charge on any atom is 0.306 e. The Morgan fingerprint density at radius 2 is 1.76 bits per heavy atom. The average Bonchev–Trinajstić information content (AvgIpc) is 2.99. The van der Waals surface area contributed by atoms with Crippen molar-refractivity contribution in [2.45, 2.75) is 94.7 Å². The number of aliphatic hydroxyl groups is 1. The Morgan fingerprint density at radius 3 is 2.48 bits per heavy atom. The lowest BCUT2D eigenvalue weighted by molar-refractivity contribution is -0.284. The number of fused-ring (bicyclic) bond motifs is 2. The molecule has 25 heavy (non-hydrogen) atoms. The SMILES string of the molecule is O=C1CCCCCCCCC[C@@H]2C[C@H](C[C@](O)(C3CSC(=O)N3)O2)O1. The molecule has 3 saturated heterocycles. The lowest BCUT2D eigenvalue weighted by Crippen LogP contribution is -2.58. The van der Waals surface area contributed by atoms with Gasteiger partial charge in [-0.15, -0.1) is 0 Å². The van der Waals surface area contributed by atoms with Gasteiger partial charge in [-0.1, -0.05) is 50.3 Å². The molecule has 1 unspecified atom stereocenters. The molecule has 0 aromatic carbocycles. The summed E-state index contributed by atoms with van der Waals surface area (Å²) < 4.78 is 11.7. The van der Waals surface area contributed by atoms with E-state index in [4.69, 9.17) is 9.47 Å². The standard InChI is InChI=1S/C18H29NO5S/c20-16-9-7-5-3-1-2-4-6-8-13-10-14(23-16)11-18(22,24-13)15-12-25-17(21)19-15/h13-15,22H,1-12H2,(H,19,21)/t13-,14-,15?,18-/m1/s1. The van der Waals surface area contributed by atoms with E-state index >= 15 is 0 Å². The number of rotatable bonds is 1. The van der Waals surface area contributed by atoms with Gasteiger partial charge in [-0.25, -0.2) is 0 Å². The molecule has 1 amide bonds. The number of thioether (sulfide) groups is 1. The monoisotopic (exact) mass is 371 g/mol. The van der Waals surface area contributed by atoms with E-state index in [1.54, 1.807) is 0 Å². The van der Waals surface area contributed by atoms with Crippen LogP contribution in [0.5, 0.6) is 0 Å². The summed E-state index contributed by atoms with van der Waals surface area (Å²) in [6, 6.07) is -0.451.